The van der Waals surface area contributed by atoms with Crippen LogP contribution in [0.25, 0.3) is 0 Å². The molecule has 0 amide bonds. The SMILES string of the molecule is CC(C)(Cn1nnnc1C1C2CCCC21)C(=O)O. The number of carbonyl (C=O) groups is 1. The van der Waals surface area contributed by atoms with E-state index in [9.17, 15) is 4.79 Å². The molecule has 0 aliphatic heterocycles. The van der Waals surface area contributed by atoms with Crippen LogP contribution in [0, 0.1) is 17.3 Å². The van der Waals surface area contributed by atoms with Crippen molar-refractivity contribution < 1.29 is 9.90 Å². The second-order valence-electron chi connectivity index (χ2n) is 6.17. The zero-order valence-electron chi connectivity index (χ0n) is 10.7. The Labute approximate surface area is 105 Å². The van der Waals surface area contributed by atoms with Crippen molar-refractivity contribution in [3.63, 3.8) is 0 Å². The quantitative estimate of drug-likeness (QED) is 0.871. The van der Waals surface area contributed by atoms with Gasteiger partial charge in [-0.25, -0.2) is 4.68 Å². The maximum absolute atomic E-state index is 11.2. The molecule has 1 N–H and O–H groups in total. The Kier molecular flexibility index (Phi) is 2.43. The number of fused-ring (bicyclic) bond motifs is 1. The van der Waals surface area contributed by atoms with Gasteiger partial charge in [0, 0.05) is 5.92 Å². The van der Waals surface area contributed by atoms with E-state index in [1.807, 2.05) is 0 Å². The Morgan fingerprint density at radius 2 is 2.11 bits per heavy atom. The molecule has 6 heteroatoms. The van der Waals surface area contributed by atoms with Crippen LogP contribution in [0.1, 0.15) is 44.9 Å². The summed E-state index contributed by atoms with van der Waals surface area (Å²) < 4.78 is 1.69. The fraction of sp³-hybridized carbons (Fsp3) is 0.833. The van der Waals surface area contributed by atoms with Gasteiger partial charge in [-0.3, -0.25) is 4.79 Å². The molecule has 18 heavy (non-hydrogen) atoms. The molecule has 2 aliphatic rings. The molecule has 98 valence electrons. The van der Waals surface area contributed by atoms with Crippen LogP contribution in [0.3, 0.4) is 0 Å². The van der Waals surface area contributed by atoms with Gasteiger partial charge in [0.2, 0.25) is 0 Å². The van der Waals surface area contributed by atoms with E-state index in [4.69, 9.17) is 5.11 Å². The van der Waals surface area contributed by atoms with Crippen molar-refractivity contribution in [3.05, 3.63) is 5.82 Å². The molecular weight excluding hydrogens is 232 g/mol. The van der Waals surface area contributed by atoms with Crippen molar-refractivity contribution in [2.45, 2.75) is 45.6 Å². The molecular formula is C12H18N4O2. The van der Waals surface area contributed by atoms with Crippen LogP contribution in [0.5, 0.6) is 0 Å². The summed E-state index contributed by atoms with van der Waals surface area (Å²) in [6, 6.07) is 0. The van der Waals surface area contributed by atoms with Crippen molar-refractivity contribution in [1.29, 1.82) is 0 Å². The topological polar surface area (TPSA) is 80.9 Å². The van der Waals surface area contributed by atoms with Gasteiger partial charge in [0.05, 0.1) is 12.0 Å². The average molecular weight is 250 g/mol. The molecule has 3 rings (SSSR count). The lowest BCUT2D eigenvalue weighted by molar-refractivity contribution is -0.147. The van der Waals surface area contributed by atoms with Gasteiger partial charge in [-0.05, 0) is 49.0 Å². The standard InChI is InChI=1S/C12H18N4O2/c1-12(2,11(17)18)6-16-10(13-14-15-16)9-7-4-3-5-8(7)9/h7-9H,3-6H2,1-2H3,(H,17,18). The number of rotatable bonds is 4. The third-order valence-corrected chi connectivity index (χ3v) is 4.39. The Bertz CT molecular complexity index is 472. The van der Waals surface area contributed by atoms with Crippen molar-refractivity contribution in [2.75, 3.05) is 0 Å². The third-order valence-electron chi connectivity index (χ3n) is 4.39. The Morgan fingerprint density at radius 1 is 1.44 bits per heavy atom. The smallest absolute Gasteiger partial charge is 0.310 e. The molecule has 0 saturated heterocycles. The predicted molar refractivity (Wildman–Crippen MR) is 62.8 cm³/mol. The first-order chi connectivity index (χ1) is 8.50. The first kappa shape index (κ1) is 11.6. The van der Waals surface area contributed by atoms with Crippen LogP contribution in [0.4, 0.5) is 0 Å². The molecule has 0 radical (unpaired) electrons. The van der Waals surface area contributed by atoms with E-state index in [0.29, 0.717) is 12.5 Å². The van der Waals surface area contributed by atoms with Gasteiger partial charge in [0.15, 0.2) is 5.82 Å². The molecule has 6 nitrogen and oxygen atoms in total. The summed E-state index contributed by atoms with van der Waals surface area (Å²) in [6.45, 7) is 3.74. The van der Waals surface area contributed by atoms with Gasteiger partial charge in [-0.15, -0.1) is 5.10 Å². The number of hydrogen-bond donors (Lipinski definition) is 1. The Balaban J connectivity index is 1.78. The first-order valence-corrected chi connectivity index (χ1v) is 6.50. The van der Waals surface area contributed by atoms with Gasteiger partial charge in [0.1, 0.15) is 0 Å². The minimum Gasteiger partial charge on any atom is -0.481 e. The molecule has 2 unspecified atom stereocenters. The van der Waals surface area contributed by atoms with Gasteiger partial charge < -0.3 is 5.11 Å². The Morgan fingerprint density at radius 3 is 2.72 bits per heavy atom. The predicted octanol–water partition coefficient (Wildman–Crippen LogP) is 1.30. The van der Waals surface area contributed by atoms with Gasteiger partial charge in [-0.1, -0.05) is 6.42 Å². The third kappa shape index (κ3) is 1.71. The van der Waals surface area contributed by atoms with Gasteiger partial charge >= 0.3 is 5.97 Å². The lowest BCUT2D eigenvalue weighted by Crippen LogP contribution is -2.30. The second-order valence-corrected chi connectivity index (χ2v) is 6.17. The summed E-state index contributed by atoms with van der Waals surface area (Å²) in [5.41, 5.74) is -0.839. The number of aliphatic carboxylic acids is 1. The summed E-state index contributed by atoms with van der Waals surface area (Å²) in [4.78, 5) is 11.2. The zero-order valence-corrected chi connectivity index (χ0v) is 10.7. The van der Waals surface area contributed by atoms with Crippen molar-refractivity contribution in [3.8, 4) is 0 Å². The van der Waals surface area contributed by atoms with E-state index >= 15 is 0 Å². The summed E-state index contributed by atoms with van der Waals surface area (Å²) in [7, 11) is 0. The summed E-state index contributed by atoms with van der Waals surface area (Å²) >= 11 is 0. The monoisotopic (exact) mass is 250 g/mol. The number of hydrogen-bond acceptors (Lipinski definition) is 4. The highest BCUT2D eigenvalue weighted by atomic mass is 16.4. The molecule has 1 aromatic heterocycles. The van der Waals surface area contributed by atoms with Crippen LogP contribution in [-0.2, 0) is 11.3 Å². The van der Waals surface area contributed by atoms with Crippen LogP contribution in [0.2, 0.25) is 0 Å². The van der Waals surface area contributed by atoms with Gasteiger partial charge in [0.25, 0.3) is 0 Å². The van der Waals surface area contributed by atoms with E-state index in [0.717, 1.165) is 17.7 Å². The van der Waals surface area contributed by atoms with Crippen LogP contribution < -0.4 is 0 Å². The molecule has 1 aromatic rings. The van der Waals surface area contributed by atoms with Crippen molar-refractivity contribution in [1.82, 2.24) is 20.2 Å². The highest BCUT2D eigenvalue weighted by molar-refractivity contribution is 5.73. The largest absolute Gasteiger partial charge is 0.481 e. The highest BCUT2D eigenvalue weighted by Gasteiger charge is 2.55. The first-order valence-electron chi connectivity index (χ1n) is 6.50. The number of tetrazole rings is 1. The van der Waals surface area contributed by atoms with E-state index in [1.165, 1.54) is 19.3 Å². The molecule has 2 fully saturated rings. The minimum atomic E-state index is -0.839. The average Bonchev–Trinajstić information content (AvgIpc) is 2.72. The number of nitrogens with zero attached hydrogens (tertiary/aromatic N) is 4. The molecule has 0 aromatic carbocycles. The Hall–Kier alpha value is -1.46. The van der Waals surface area contributed by atoms with Crippen LogP contribution in [-0.4, -0.2) is 31.3 Å². The highest BCUT2D eigenvalue weighted by Crippen LogP contribution is 2.62. The molecule has 2 atom stereocenters. The molecule has 0 bridgehead atoms. The minimum absolute atomic E-state index is 0.334. The van der Waals surface area contributed by atoms with Crippen molar-refractivity contribution >= 4 is 5.97 Å². The van der Waals surface area contributed by atoms with E-state index in [-0.39, 0.29) is 0 Å². The number of carboxylic acid groups (broad SMARTS) is 1. The maximum atomic E-state index is 11.2. The molecule has 2 aliphatic carbocycles. The maximum Gasteiger partial charge on any atom is 0.310 e. The fourth-order valence-corrected chi connectivity index (χ4v) is 3.21. The number of aromatic nitrogens is 4. The normalized spacial score (nSPS) is 30.2. The van der Waals surface area contributed by atoms with E-state index in [1.54, 1.807) is 18.5 Å². The number of carboxylic acids is 1. The lowest BCUT2D eigenvalue weighted by Gasteiger charge is -2.19. The zero-order chi connectivity index (χ0) is 12.9. The fourth-order valence-electron chi connectivity index (χ4n) is 3.21. The molecule has 1 heterocycles. The van der Waals surface area contributed by atoms with Crippen LogP contribution in [0.15, 0.2) is 0 Å². The van der Waals surface area contributed by atoms with Gasteiger partial charge in [-0.2, -0.15) is 0 Å². The lowest BCUT2D eigenvalue weighted by atomic mass is 9.94. The summed E-state index contributed by atoms with van der Waals surface area (Å²) in [6.07, 6.45) is 3.85. The molecule has 0 spiro atoms. The van der Waals surface area contributed by atoms with E-state index in [2.05, 4.69) is 15.5 Å². The molecule has 2 saturated carbocycles. The summed E-state index contributed by atoms with van der Waals surface area (Å²) in [5.74, 6) is 2.02. The van der Waals surface area contributed by atoms with Crippen molar-refractivity contribution in [2.24, 2.45) is 17.3 Å². The second kappa shape index (κ2) is 3.76. The van der Waals surface area contributed by atoms with Crippen LogP contribution >= 0.6 is 0 Å². The summed E-state index contributed by atoms with van der Waals surface area (Å²) in [5, 5.41) is 21.0. The van der Waals surface area contributed by atoms with E-state index < -0.39 is 11.4 Å².